The van der Waals surface area contributed by atoms with E-state index in [0.29, 0.717) is 16.5 Å². The number of para-hydroxylation sites is 2. The molecule has 2 heterocycles. The Kier molecular flexibility index (Phi) is 4.37. The number of hydrogen-bond donors (Lipinski definition) is 0. The van der Waals surface area contributed by atoms with Crippen molar-refractivity contribution in [3.05, 3.63) is 95.8 Å². The predicted octanol–water partition coefficient (Wildman–Crippen LogP) is 5.95. The molecule has 0 radical (unpaired) electrons. The highest BCUT2D eigenvalue weighted by Gasteiger charge is 2.16. The topological polar surface area (TPSA) is 39.9 Å². The molecule has 0 saturated heterocycles. The third-order valence-corrected chi connectivity index (χ3v) is 5.08. The van der Waals surface area contributed by atoms with Gasteiger partial charge in [-0.2, -0.15) is 0 Å². The molecule has 0 bridgehead atoms. The third kappa shape index (κ3) is 3.19. The van der Waals surface area contributed by atoms with Crippen LogP contribution in [0.5, 0.6) is 5.75 Å². The number of pyridine rings is 1. The van der Waals surface area contributed by atoms with Crippen LogP contribution in [0.25, 0.3) is 27.5 Å². The number of rotatable bonds is 4. The second-order valence-corrected chi connectivity index (χ2v) is 7.00. The zero-order chi connectivity index (χ0) is 19.8. The number of halogens is 2. The van der Waals surface area contributed by atoms with Gasteiger partial charge in [0.1, 0.15) is 18.2 Å². The Balaban J connectivity index is 1.60. The molecule has 0 atom stereocenters. The van der Waals surface area contributed by atoms with E-state index in [-0.39, 0.29) is 12.4 Å². The van der Waals surface area contributed by atoms with Crippen molar-refractivity contribution >= 4 is 33.4 Å². The summed E-state index contributed by atoms with van der Waals surface area (Å²) in [5, 5.41) is 2.29. The Morgan fingerprint density at radius 1 is 1.00 bits per heavy atom. The number of fused-ring (bicyclic) bond motifs is 2. The number of aromatic nitrogens is 3. The number of nitrogens with zero attached hydrogens (tertiary/aromatic N) is 3. The van der Waals surface area contributed by atoms with Gasteiger partial charge < -0.3 is 4.74 Å². The monoisotopic (exact) mass is 403 g/mol. The van der Waals surface area contributed by atoms with Crippen LogP contribution >= 0.6 is 11.6 Å². The fraction of sp³-hybridized carbons (Fsp3) is 0.0435. The third-order valence-electron chi connectivity index (χ3n) is 4.78. The van der Waals surface area contributed by atoms with Crippen LogP contribution in [0, 0.1) is 5.82 Å². The molecule has 2 aromatic heterocycles. The molecule has 0 amide bonds. The first kappa shape index (κ1) is 17.6. The summed E-state index contributed by atoms with van der Waals surface area (Å²) in [7, 11) is 0. The van der Waals surface area contributed by atoms with E-state index in [1.54, 1.807) is 18.5 Å². The minimum Gasteiger partial charge on any atom is -0.485 e. The lowest BCUT2D eigenvalue weighted by Crippen LogP contribution is -2.06. The van der Waals surface area contributed by atoms with E-state index < -0.39 is 0 Å². The molecule has 29 heavy (non-hydrogen) atoms. The first-order chi connectivity index (χ1) is 14.2. The van der Waals surface area contributed by atoms with Crippen LogP contribution in [0.1, 0.15) is 5.82 Å². The molecule has 0 saturated carbocycles. The lowest BCUT2D eigenvalue weighted by atomic mass is 10.1. The van der Waals surface area contributed by atoms with Crippen LogP contribution in [-0.2, 0) is 6.61 Å². The van der Waals surface area contributed by atoms with Gasteiger partial charge in [-0.25, -0.2) is 9.37 Å². The van der Waals surface area contributed by atoms with Crippen molar-refractivity contribution in [2.75, 3.05) is 0 Å². The van der Waals surface area contributed by atoms with Gasteiger partial charge in [0.15, 0.2) is 5.82 Å². The highest BCUT2D eigenvalue weighted by atomic mass is 35.5. The van der Waals surface area contributed by atoms with Gasteiger partial charge >= 0.3 is 0 Å². The molecule has 5 rings (SSSR count). The van der Waals surface area contributed by atoms with Crippen molar-refractivity contribution in [2.24, 2.45) is 0 Å². The summed E-state index contributed by atoms with van der Waals surface area (Å²) in [6.07, 6.45) is 3.54. The average molecular weight is 404 g/mol. The van der Waals surface area contributed by atoms with Gasteiger partial charge in [0.2, 0.25) is 0 Å². The summed E-state index contributed by atoms with van der Waals surface area (Å²) in [6.45, 7) is 0.226. The molecule has 0 spiro atoms. The van der Waals surface area contributed by atoms with Crippen molar-refractivity contribution in [2.45, 2.75) is 6.61 Å². The second kappa shape index (κ2) is 7.18. The fourth-order valence-electron chi connectivity index (χ4n) is 3.47. The van der Waals surface area contributed by atoms with Gasteiger partial charge in [-0.05, 0) is 42.5 Å². The Hall–Kier alpha value is -3.44. The molecule has 0 fully saturated rings. The first-order valence-electron chi connectivity index (χ1n) is 9.08. The summed E-state index contributed by atoms with van der Waals surface area (Å²) in [4.78, 5) is 8.88. The Bertz CT molecular complexity index is 1340. The Morgan fingerprint density at radius 2 is 1.90 bits per heavy atom. The quantitative estimate of drug-likeness (QED) is 0.372. The highest BCUT2D eigenvalue weighted by molar-refractivity contribution is 6.32. The highest BCUT2D eigenvalue weighted by Crippen LogP contribution is 2.29. The van der Waals surface area contributed by atoms with E-state index in [1.807, 2.05) is 53.1 Å². The molecule has 3 aromatic carbocycles. The molecule has 5 aromatic rings. The zero-order valence-corrected chi connectivity index (χ0v) is 16.0. The maximum Gasteiger partial charge on any atom is 0.152 e. The normalized spacial score (nSPS) is 11.2. The lowest BCUT2D eigenvalue weighted by Gasteiger charge is -2.13. The van der Waals surface area contributed by atoms with Crippen molar-refractivity contribution in [1.29, 1.82) is 0 Å². The van der Waals surface area contributed by atoms with Gasteiger partial charge in [-0.1, -0.05) is 35.9 Å². The standard InChI is InChI=1S/C23H15ClFN3O/c24-18-12-16(25)8-9-20(18)28-21-6-2-1-5-19(21)27-23(28)14-29-22-7-3-4-15-13-26-11-10-17(15)22/h1-13H,14H2. The number of benzene rings is 3. The van der Waals surface area contributed by atoms with E-state index in [0.717, 1.165) is 27.6 Å². The molecule has 0 unspecified atom stereocenters. The van der Waals surface area contributed by atoms with Crippen LogP contribution in [0.2, 0.25) is 5.02 Å². The Morgan fingerprint density at radius 3 is 2.79 bits per heavy atom. The lowest BCUT2D eigenvalue weighted by molar-refractivity contribution is 0.298. The minimum absolute atomic E-state index is 0.226. The van der Waals surface area contributed by atoms with Crippen molar-refractivity contribution in [3.63, 3.8) is 0 Å². The maximum atomic E-state index is 13.6. The fourth-order valence-corrected chi connectivity index (χ4v) is 3.72. The van der Waals surface area contributed by atoms with Crippen LogP contribution in [0.4, 0.5) is 4.39 Å². The molecule has 0 N–H and O–H groups in total. The molecule has 4 nitrogen and oxygen atoms in total. The SMILES string of the molecule is Fc1ccc(-n2c(COc3cccc4cnccc34)nc3ccccc32)c(Cl)c1. The summed E-state index contributed by atoms with van der Waals surface area (Å²) >= 11 is 6.35. The van der Waals surface area contributed by atoms with Gasteiger partial charge in [0.05, 0.1) is 21.7 Å². The second-order valence-electron chi connectivity index (χ2n) is 6.59. The largest absolute Gasteiger partial charge is 0.485 e. The van der Waals surface area contributed by atoms with Gasteiger partial charge in [-0.15, -0.1) is 0 Å². The number of imidazole rings is 1. The summed E-state index contributed by atoms with van der Waals surface area (Å²) in [5.74, 6) is 1.03. The van der Waals surface area contributed by atoms with E-state index in [9.17, 15) is 4.39 Å². The Labute approximate surface area is 171 Å². The van der Waals surface area contributed by atoms with Crippen molar-refractivity contribution in [1.82, 2.24) is 14.5 Å². The van der Waals surface area contributed by atoms with Gasteiger partial charge in [0.25, 0.3) is 0 Å². The smallest absolute Gasteiger partial charge is 0.152 e. The number of hydrogen-bond acceptors (Lipinski definition) is 3. The number of ether oxygens (including phenoxy) is 1. The molecular formula is C23H15ClFN3O. The molecule has 0 aliphatic rings. The van der Waals surface area contributed by atoms with E-state index in [1.165, 1.54) is 12.1 Å². The predicted molar refractivity (Wildman–Crippen MR) is 112 cm³/mol. The molecule has 0 aliphatic carbocycles. The zero-order valence-electron chi connectivity index (χ0n) is 15.2. The summed E-state index contributed by atoms with van der Waals surface area (Å²) in [6, 6.07) is 19.8. The van der Waals surface area contributed by atoms with E-state index in [4.69, 9.17) is 21.3 Å². The molecule has 0 aliphatic heterocycles. The maximum absolute atomic E-state index is 13.6. The summed E-state index contributed by atoms with van der Waals surface area (Å²) < 4.78 is 21.6. The minimum atomic E-state index is -0.384. The van der Waals surface area contributed by atoms with Gasteiger partial charge in [-0.3, -0.25) is 9.55 Å². The van der Waals surface area contributed by atoms with Gasteiger partial charge in [0, 0.05) is 23.2 Å². The first-order valence-corrected chi connectivity index (χ1v) is 9.46. The van der Waals surface area contributed by atoms with Crippen LogP contribution in [0.3, 0.4) is 0 Å². The van der Waals surface area contributed by atoms with Crippen LogP contribution < -0.4 is 4.74 Å². The molecular weight excluding hydrogens is 389 g/mol. The van der Waals surface area contributed by atoms with Crippen molar-refractivity contribution < 1.29 is 9.13 Å². The van der Waals surface area contributed by atoms with E-state index in [2.05, 4.69) is 4.98 Å². The van der Waals surface area contributed by atoms with E-state index >= 15 is 0 Å². The van der Waals surface area contributed by atoms with Crippen LogP contribution in [-0.4, -0.2) is 14.5 Å². The van der Waals surface area contributed by atoms with Crippen molar-refractivity contribution in [3.8, 4) is 11.4 Å². The van der Waals surface area contributed by atoms with Crippen LogP contribution in [0.15, 0.2) is 79.1 Å². The molecule has 6 heteroatoms. The molecule has 142 valence electrons. The average Bonchev–Trinajstić information content (AvgIpc) is 3.10. The summed E-state index contributed by atoms with van der Waals surface area (Å²) in [5.41, 5.74) is 2.35.